The third-order valence-corrected chi connectivity index (χ3v) is 4.27. The van der Waals surface area contributed by atoms with Gasteiger partial charge in [-0.2, -0.15) is 5.10 Å². The molecule has 7 nitrogen and oxygen atoms in total. The number of pyridine rings is 1. The van der Waals surface area contributed by atoms with Gasteiger partial charge in [0, 0.05) is 25.0 Å². The smallest absolute Gasteiger partial charge is 0.179 e. The Bertz CT molecular complexity index is 1010. The van der Waals surface area contributed by atoms with Gasteiger partial charge in [-0.3, -0.25) is 4.98 Å². The lowest BCUT2D eigenvalue weighted by molar-refractivity contribution is 0.482. The van der Waals surface area contributed by atoms with Gasteiger partial charge in [0.05, 0.1) is 24.1 Å². The van der Waals surface area contributed by atoms with E-state index >= 15 is 0 Å². The van der Waals surface area contributed by atoms with Crippen LogP contribution in [0.4, 0.5) is 0 Å². The minimum Gasteiger partial charge on any atom is -0.451 e. The SMILES string of the molecule is Cc1c(Oc2cnn3ccncc23)cnc2nc(Br)n(C)c12. The topological polar surface area (TPSA) is 70.1 Å². The molecule has 8 heteroatoms. The van der Waals surface area contributed by atoms with E-state index in [1.807, 2.05) is 18.5 Å². The number of imidazole rings is 1. The normalized spacial score (nSPS) is 11.4. The number of ether oxygens (including phenoxy) is 1. The summed E-state index contributed by atoms with van der Waals surface area (Å²) in [6.45, 7) is 1.98. The van der Waals surface area contributed by atoms with Crippen LogP contribution in [0.1, 0.15) is 5.56 Å². The zero-order valence-corrected chi connectivity index (χ0v) is 13.4. The van der Waals surface area contributed by atoms with Crippen LogP contribution in [0.3, 0.4) is 0 Å². The van der Waals surface area contributed by atoms with E-state index in [4.69, 9.17) is 4.74 Å². The van der Waals surface area contributed by atoms with E-state index in [2.05, 4.69) is 36.0 Å². The minimum atomic E-state index is 0.638. The molecule has 22 heavy (non-hydrogen) atoms. The molecule has 4 heterocycles. The molecule has 0 aromatic carbocycles. The second kappa shape index (κ2) is 4.77. The zero-order chi connectivity index (χ0) is 15.3. The fourth-order valence-electron chi connectivity index (χ4n) is 2.41. The Morgan fingerprint density at radius 2 is 2.05 bits per heavy atom. The van der Waals surface area contributed by atoms with Crippen molar-refractivity contribution >= 4 is 32.6 Å². The minimum absolute atomic E-state index is 0.638. The molecular weight excluding hydrogens is 348 g/mol. The molecule has 4 aromatic heterocycles. The molecule has 0 fully saturated rings. The lowest BCUT2D eigenvalue weighted by atomic mass is 10.2. The van der Waals surface area contributed by atoms with E-state index in [0.29, 0.717) is 17.1 Å². The van der Waals surface area contributed by atoms with Crippen LogP contribution < -0.4 is 4.74 Å². The summed E-state index contributed by atoms with van der Waals surface area (Å²) in [5.74, 6) is 1.31. The molecule has 0 amide bonds. The maximum absolute atomic E-state index is 5.99. The van der Waals surface area contributed by atoms with Crippen molar-refractivity contribution in [1.82, 2.24) is 29.1 Å². The highest BCUT2D eigenvalue weighted by Gasteiger charge is 2.15. The van der Waals surface area contributed by atoms with Crippen LogP contribution in [0.5, 0.6) is 11.5 Å². The predicted molar refractivity (Wildman–Crippen MR) is 84.0 cm³/mol. The Morgan fingerprint density at radius 3 is 2.91 bits per heavy atom. The van der Waals surface area contributed by atoms with Crippen LogP contribution in [0.2, 0.25) is 0 Å². The molecule has 0 atom stereocenters. The highest BCUT2D eigenvalue weighted by Crippen LogP contribution is 2.31. The van der Waals surface area contributed by atoms with Crippen molar-refractivity contribution in [3.8, 4) is 11.5 Å². The first-order valence-corrected chi connectivity index (χ1v) is 7.37. The maximum Gasteiger partial charge on any atom is 0.179 e. The molecular formula is C14H11BrN6O. The molecule has 0 bridgehead atoms. The van der Waals surface area contributed by atoms with Gasteiger partial charge in [-0.25, -0.2) is 14.5 Å². The molecule has 0 radical (unpaired) electrons. The van der Waals surface area contributed by atoms with Gasteiger partial charge in [0.1, 0.15) is 5.52 Å². The van der Waals surface area contributed by atoms with Crippen molar-refractivity contribution in [3.63, 3.8) is 0 Å². The van der Waals surface area contributed by atoms with Gasteiger partial charge in [0.2, 0.25) is 0 Å². The molecule has 4 aromatic rings. The van der Waals surface area contributed by atoms with Gasteiger partial charge in [-0.05, 0) is 22.9 Å². The van der Waals surface area contributed by atoms with Crippen molar-refractivity contribution in [2.24, 2.45) is 7.05 Å². The second-order valence-corrected chi connectivity index (χ2v) is 5.59. The van der Waals surface area contributed by atoms with Gasteiger partial charge < -0.3 is 9.30 Å². The number of fused-ring (bicyclic) bond motifs is 2. The van der Waals surface area contributed by atoms with Crippen molar-refractivity contribution in [3.05, 3.63) is 41.3 Å². The molecule has 0 spiro atoms. The standard InChI is InChI=1S/C14H11BrN6O/c1-8-10(6-17-13-12(8)20(2)14(15)19-13)22-11-7-18-21-4-3-16-5-9(11)21/h3-7H,1-2H3. The van der Waals surface area contributed by atoms with Crippen LogP contribution in [0, 0.1) is 6.92 Å². The highest BCUT2D eigenvalue weighted by atomic mass is 79.9. The van der Waals surface area contributed by atoms with Gasteiger partial charge in [-0.1, -0.05) is 0 Å². The monoisotopic (exact) mass is 358 g/mol. The lowest BCUT2D eigenvalue weighted by Gasteiger charge is -2.08. The fourth-order valence-corrected chi connectivity index (χ4v) is 2.76. The third-order valence-electron chi connectivity index (χ3n) is 3.56. The number of hydrogen-bond donors (Lipinski definition) is 0. The Balaban J connectivity index is 1.85. The average Bonchev–Trinajstić information content (AvgIpc) is 3.05. The first-order valence-electron chi connectivity index (χ1n) is 6.58. The summed E-state index contributed by atoms with van der Waals surface area (Å²) in [5, 5.41) is 4.23. The number of aromatic nitrogens is 6. The van der Waals surface area contributed by atoms with Crippen molar-refractivity contribution in [2.75, 3.05) is 0 Å². The van der Waals surface area contributed by atoms with E-state index in [-0.39, 0.29) is 0 Å². The number of aryl methyl sites for hydroxylation is 2. The van der Waals surface area contributed by atoms with E-state index in [1.165, 1.54) is 0 Å². The number of nitrogens with zero attached hydrogens (tertiary/aromatic N) is 6. The van der Waals surface area contributed by atoms with E-state index < -0.39 is 0 Å². The van der Waals surface area contributed by atoms with E-state index in [1.54, 1.807) is 35.5 Å². The summed E-state index contributed by atoms with van der Waals surface area (Å²) in [4.78, 5) is 12.8. The van der Waals surface area contributed by atoms with Crippen LogP contribution >= 0.6 is 15.9 Å². The maximum atomic E-state index is 5.99. The quantitative estimate of drug-likeness (QED) is 0.551. The first kappa shape index (κ1) is 13.2. The van der Waals surface area contributed by atoms with Crippen LogP contribution in [0.25, 0.3) is 16.7 Å². The number of halogens is 1. The summed E-state index contributed by atoms with van der Waals surface area (Å²) < 4.78 is 10.4. The largest absolute Gasteiger partial charge is 0.451 e. The number of hydrogen-bond acceptors (Lipinski definition) is 5. The molecule has 110 valence electrons. The summed E-state index contributed by atoms with van der Waals surface area (Å²) in [6.07, 6.45) is 8.51. The number of rotatable bonds is 2. The summed E-state index contributed by atoms with van der Waals surface area (Å²) >= 11 is 3.41. The summed E-state index contributed by atoms with van der Waals surface area (Å²) in [6, 6.07) is 0. The van der Waals surface area contributed by atoms with E-state index in [9.17, 15) is 0 Å². The lowest BCUT2D eigenvalue weighted by Crippen LogP contribution is -1.95. The molecule has 0 saturated heterocycles. The Kier molecular flexibility index (Phi) is 2.86. The van der Waals surface area contributed by atoms with Crippen molar-refractivity contribution in [1.29, 1.82) is 0 Å². The summed E-state index contributed by atoms with van der Waals surface area (Å²) in [5.41, 5.74) is 3.38. The molecule has 0 saturated carbocycles. The van der Waals surface area contributed by atoms with Gasteiger partial charge in [0.25, 0.3) is 0 Å². The predicted octanol–water partition coefficient (Wildman–Crippen LogP) is 2.87. The first-order chi connectivity index (χ1) is 10.6. The Hall–Kier alpha value is -2.48. The van der Waals surface area contributed by atoms with Gasteiger partial charge in [0.15, 0.2) is 21.9 Å². The highest BCUT2D eigenvalue weighted by molar-refractivity contribution is 9.10. The van der Waals surface area contributed by atoms with Crippen molar-refractivity contribution in [2.45, 2.75) is 6.92 Å². The van der Waals surface area contributed by atoms with Gasteiger partial charge in [-0.15, -0.1) is 0 Å². The molecule has 0 aliphatic rings. The van der Waals surface area contributed by atoms with Gasteiger partial charge >= 0.3 is 0 Å². The molecule has 0 N–H and O–H groups in total. The third kappa shape index (κ3) is 1.87. The average molecular weight is 359 g/mol. The second-order valence-electron chi connectivity index (χ2n) is 4.88. The van der Waals surface area contributed by atoms with E-state index in [0.717, 1.165) is 21.3 Å². The van der Waals surface area contributed by atoms with Crippen LogP contribution in [-0.4, -0.2) is 29.1 Å². The van der Waals surface area contributed by atoms with Crippen molar-refractivity contribution < 1.29 is 4.74 Å². The summed E-state index contributed by atoms with van der Waals surface area (Å²) in [7, 11) is 1.93. The Labute approximate surface area is 133 Å². The molecule has 4 rings (SSSR count). The molecule has 0 aliphatic carbocycles. The zero-order valence-electron chi connectivity index (χ0n) is 11.9. The molecule has 0 aliphatic heterocycles. The van der Waals surface area contributed by atoms with Crippen LogP contribution in [-0.2, 0) is 7.05 Å². The Morgan fingerprint density at radius 1 is 1.18 bits per heavy atom. The van der Waals surface area contributed by atoms with Crippen LogP contribution in [0.15, 0.2) is 35.7 Å². The molecule has 0 unspecified atom stereocenters. The fraction of sp³-hybridized carbons (Fsp3) is 0.143.